The van der Waals surface area contributed by atoms with Gasteiger partial charge in [0.2, 0.25) is 11.7 Å². The second kappa shape index (κ2) is 5.11. The maximum absolute atomic E-state index is 6.25. The number of aromatic nitrogens is 2. The summed E-state index contributed by atoms with van der Waals surface area (Å²) in [7, 11) is 1.75. The van der Waals surface area contributed by atoms with Gasteiger partial charge in [-0.1, -0.05) is 18.5 Å². The Bertz CT molecular complexity index is 469. The van der Waals surface area contributed by atoms with Crippen LogP contribution in [0.3, 0.4) is 0 Å². The summed E-state index contributed by atoms with van der Waals surface area (Å²) in [4.78, 5) is 4.60. The van der Waals surface area contributed by atoms with Gasteiger partial charge in [-0.2, -0.15) is 4.98 Å². The van der Waals surface area contributed by atoms with Crippen LogP contribution in [0.5, 0.6) is 0 Å². The second-order valence-electron chi connectivity index (χ2n) is 6.80. The third-order valence-corrected chi connectivity index (χ3v) is 5.07. The van der Waals surface area contributed by atoms with E-state index in [1.165, 1.54) is 12.8 Å². The zero-order valence-electron chi connectivity index (χ0n) is 12.5. The number of nitrogens with two attached hydrogens (primary N) is 1. The van der Waals surface area contributed by atoms with Crippen LogP contribution in [0.1, 0.15) is 63.6 Å². The van der Waals surface area contributed by atoms with Crippen molar-refractivity contribution in [3.8, 4) is 0 Å². The van der Waals surface area contributed by atoms with Gasteiger partial charge in [0.25, 0.3) is 0 Å². The lowest BCUT2D eigenvalue weighted by Crippen LogP contribution is -2.48. The fraction of sp³-hybridized carbons (Fsp3) is 0.867. The minimum absolute atomic E-state index is 0.121. The summed E-state index contributed by atoms with van der Waals surface area (Å²) < 4.78 is 11.2. The molecule has 2 N–H and O–H groups in total. The smallest absolute Gasteiger partial charge is 0.228 e. The van der Waals surface area contributed by atoms with Crippen molar-refractivity contribution in [1.29, 1.82) is 0 Å². The molecule has 0 radical (unpaired) electrons. The van der Waals surface area contributed by atoms with Crippen molar-refractivity contribution in [2.24, 2.45) is 11.7 Å². The summed E-state index contributed by atoms with van der Waals surface area (Å²) in [5.74, 6) is 2.01. The molecule has 0 amide bonds. The molecule has 0 saturated heterocycles. The van der Waals surface area contributed by atoms with Gasteiger partial charge in [-0.3, -0.25) is 0 Å². The van der Waals surface area contributed by atoms with E-state index in [9.17, 15) is 0 Å². The molecule has 0 spiro atoms. The molecule has 5 nitrogen and oxygen atoms in total. The van der Waals surface area contributed by atoms with Crippen LogP contribution in [0.4, 0.5) is 0 Å². The van der Waals surface area contributed by atoms with Gasteiger partial charge in [-0.05, 0) is 44.4 Å². The van der Waals surface area contributed by atoms with E-state index in [-0.39, 0.29) is 11.1 Å². The molecular weight excluding hydrogens is 254 g/mol. The number of hydrogen-bond donors (Lipinski definition) is 1. The average molecular weight is 279 g/mol. The zero-order chi connectivity index (χ0) is 14.2. The third kappa shape index (κ3) is 2.49. The Morgan fingerprint density at radius 2 is 2.15 bits per heavy atom. The first kappa shape index (κ1) is 14.0. The van der Waals surface area contributed by atoms with E-state index in [4.69, 9.17) is 15.0 Å². The first-order valence-corrected chi connectivity index (χ1v) is 7.72. The van der Waals surface area contributed by atoms with Crippen LogP contribution < -0.4 is 5.73 Å². The summed E-state index contributed by atoms with van der Waals surface area (Å²) in [6.07, 6.45) is 8.35. The molecule has 2 aliphatic carbocycles. The highest BCUT2D eigenvalue weighted by Crippen LogP contribution is 2.41. The van der Waals surface area contributed by atoms with Gasteiger partial charge in [0.05, 0.1) is 0 Å². The summed E-state index contributed by atoms with van der Waals surface area (Å²) >= 11 is 0. The molecule has 3 rings (SSSR count). The molecule has 1 aromatic rings. The van der Waals surface area contributed by atoms with Crippen LogP contribution in [-0.4, -0.2) is 22.8 Å². The molecule has 2 unspecified atom stereocenters. The van der Waals surface area contributed by atoms with Crippen LogP contribution in [0.15, 0.2) is 4.52 Å². The van der Waals surface area contributed by atoms with Crippen molar-refractivity contribution < 1.29 is 9.26 Å². The Hall–Kier alpha value is -0.940. The van der Waals surface area contributed by atoms with E-state index in [1.807, 2.05) is 0 Å². The number of methoxy groups -OCH3 is 1. The van der Waals surface area contributed by atoms with Crippen LogP contribution in [0, 0.1) is 5.92 Å². The Morgan fingerprint density at radius 1 is 1.35 bits per heavy atom. The topological polar surface area (TPSA) is 74.2 Å². The SMILES string of the molecule is COC1(c2noc(CC3(N)CCC3)n2)CCCC(C)C1. The lowest BCUT2D eigenvalue weighted by atomic mass is 9.75. The van der Waals surface area contributed by atoms with Crippen molar-refractivity contribution >= 4 is 0 Å². The molecule has 0 aromatic carbocycles. The minimum Gasteiger partial charge on any atom is -0.370 e. The maximum Gasteiger partial charge on any atom is 0.228 e. The molecular formula is C15H25N3O2. The van der Waals surface area contributed by atoms with Gasteiger partial charge < -0.3 is 15.0 Å². The monoisotopic (exact) mass is 279 g/mol. The van der Waals surface area contributed by atoms with E-state index in [2.05, 4.69) is 17.1 Å². The normalized spacial score (nSPS) is 32.9. The summed E-state index contributed by atoms with van der Waals surface area (Å²) in [6, 6.07) is 0. The first-order chi connectivity index (χ1) is 9.55. The fourth-order valence-electron chi connectivity index (χ4n) is 3.60. The number of ether oxygens (including phenoxy) is 1. The van der Waals surface area contributed by atoms with Gasteiger partial charge in [-0.25, -0.2) is 0 Å². The average Bonchev–Trinajstić information content (AvgIpc) is 2.85. The number of hydrogen-bond acceptors (Lipinski definition) is 5. The van der Waals surface area contributed by atoms with Crippen LogP contribution in [0.25, 0.3) is 0 Å². The fourth-order valence-corrected chi connectivity index (χ4v) is 3.60. The highest BCUT2D eigenvalue weighted by molar-refractivity contribution is 5.07. The molecule has 0 bridgehead atoms. The molecule has 5 heteroatoms. The minimum atomic E-state index is -0.360. The molecule has 20 heavy (non-hydrogen) atoms. The molecule has 1 aromatic heterocycles. The van der Waals surface area contributed by atoms with E-state index in [0.29, 0.717) is 24.1 Å². The van der Waals surface area contributed by atoms with Crippen molar-refractivity contribution in [2.75, 3.05) is 7.11 Å². The lowest BCUT2D eigenvalue weighted by Gasteiger charge is -2.37. The van der Waals surface area contributed by atoms with Crippen molar-refractivity contribution in [1.82, 2.24) is 10.1 Å². The second-order valence-corrected chi connectivity index (χ2v) is 6.80. The zero-order valence-corrected chi connectivity index (χ0v) is 12.5. The lowest BCUT2D eigenvalue weighted by molar-refractivity contribution is -0.0658. The maximum atomic E-state index is 6.25. The highest BCUT2D eigenvalue weighted by Gasteiger charge is 2.42. The summed E-state index contributed by atoms with van der Waals surface area (Å²) in [6.45, 7) is 2.26. The highest BCUT2D eigenvalue weighted by atomic mass is 16.5. The Kier molecular flexibility index (Phi) is 3.58. The molecule has 1 heterocycles. The summed E-state index contributed by atoms with van der Waals surface area (Å²) in [5.41, 5.74) is 5.77. The predicted molar refractivity (Wildman–Crippen MR) is 75.1 cm³/mol. The third-order valence-electron chi connectivity index (χ3n) is 5.07. The van der Waals surface area contributed by atoms with E-state index in [1.54, 1.807) is 7.11 Å². The van der Waals surface area contributed by atoms with Crippen molar-refractivity contribution in [3.05, 3.63) is 11.7 Å². The van der Waals surface area contributed by atoms with E-state index in [0.717, 1.165) is 32.1 Å². The number of rotatable bonds is 4. The standard InChI is InChI=1S/C15H25N3O2/c1-11-5-3-8-15(9-11,19-2)13-17-12(20-18-13)10-14(16)6-4-7-14/h11H,3-10,16H2,1-2H3. The van der Waals surface area contributed by atoms with Gasteiger partial charge in [-0.15, -0.1) is 0 Å². The van der Waals surface area contributed by atoms with Gasteiger partial charge >= 0.3 is 0 Å². The van der Waals surface area contributed by atoms with Gasteiger partial charge in [0.15, 0.2) is 0 Å². The largest absolute Gasteiger partial charge is 0.370 e. The molecule has 112 valence electrons. The van der Waals surface area contributed by atoms with Crippen molar-refractivity contribution in [3.63, 3.8) is 0 Å². The van der Waals surface area contributed by atoms with Crippen LogP contribution in [-0.2, 0) is 16.8 Å². The van der Waals surface area contributed by atoms with Gasteiger partial charge in [0, 0.05) is 19.1 Å². The van der Waals surface area contributed by atoms with Crippen LogP contribution >= 0.6 is 0 Å². The van der Waals surface area contributed by atoms with Crippen molar-refractivity contribution in [2.45, 2.75) is 69.4 Å². The Labute approximate surface area is 120 Å². The molecule has 2 atom stereocenters. The first-order valence-electron chi connectivity index (χ1n) is 7.72. The van der Waals surface area contributed by atoms with E-state index < -0.39 is 0 Å². The van der Waals surface area contributed by atoms with Gasteiger partial charge in [0.1, 0.15) is 5.60 Å². The predicted octanol–water partition coefficient (Wildman–Crippen LogP) is 2.55. The van der Waals surface area contributed by atoms with Crippen LogP contribution in [0.2, 0.25) is 0 Å². The Morgan fingerprint density at radius 3 is 2.75 bits per heavy atom. The Balaban J connectivity index is 1.77. The summed E-state index contributed by atoms with van der Waals surface area (Å²) in [5, 5.41) is 4.19. The molecule has 2 aliphatic rings. The molecule has 0 aliphatic heterocycles. The molecule has 2 saturated carbocycles. The number of nitrogens with zero attached hydrogens (tertiary/aromatic N) is 2. The molecule has 2 fully saturated rings. The van der Waals surface area contributed by atoms with E-state index >= 15 is 0 Å². The quantitative estimate of drug-likeness (QED) is 0.916.